The molecule has 1 amide bonds. The van der Waals surface area contributed by atoms with Crippen LogP contribution in [0.1, 0.15) is 0 Å². The highest BCUT2D eigenvalue weighted by atomic mass is 19.1. The van der Waals surface area contributed by atoms with Crippen molar-refractivity contribution in [2.24, 2.45) is 5.73 Å². The number of anilines is 1. The molecule has 3 rings (SSSR count). The molecule has 7 nitrogen and oxygen atoms in total. The molecule has 0 radical (unpaired) electrons. The Hall–Kier alpha value is -2.63. The SMILES string of the molecule is N#C/C(=C/N1CCN(CCN)CC1)C(=O)N1CCN(c2ccc(F)cc2)CC1. The molecule has 0 aromatic heterocycles. The summed E-state index contributed by atoms with van der Waals surface area (Å²) in [5.74, 6) is -0.476. The Morgan fingerprint density at radius 3 is 2.29 bits per heavy atom. The monoisotopic (exact) mass is 386 g/mol. The van der Waals surface area contributed by atoms with Crippen molar-refractivity contribution >= 4 is 11.6 Å². The number of hydrogen-bond acceptors (Lipinski definition) is 6. The number of amides is 1. The lowest BCUT2D eigenvalue weighted by Crippen LogP contribution is -2.49. The Bertz CT molecular complexity index is 728. The van der Waals surface area contributed by atoms with Gasteiger partial charge in [0, 0.05) is 77.3 Å². The van der Waals surface area contributed by atoms with Gasteiger partial charge in [-0.3, -0.25) is 9.69 Å². The number of carbonyl (C=O) groups excluding carboxylic acids is 1. The van der Waals surface area contributed by atoms with Gasteiger partial charge in [0.15, 0.2) is 0 Å². The number of nitrogens with two attached hydrogens (primary N) is 1. The quantitative estimate of drug-likeness (QED) is 0.585. The molecule has 2 aliphatic rings. The summed E-state index contributed by atoms with van der Waals surface area (Å²) in [4.78, 5) is 20.9. The summed E-state index contributed by atoms with van der Waals surface area (Å²) in [5.41, 5.74) is 6.72. The average molecular weight is 386 g/mol. The van der Waals surface area contributed by atoms with E-state index in [0.29, 0.717) is 32.7 Å². The predicted octanol–water partition coefficient (Wildman–Crippen LogP) is 0.458. The molecular weight excluding hydrogens is 359 g/mol. The van der Waals surface area contributed by atoms with Crippen LogP contribution in [0.5, 0.6) is 0 Å². The molecule has 2 saturated heterocycles. The molecule has 0 spiro atoms. The summed E-state index contributed by atoms with van der Waals surface area (Å²) in [6.45, 7) is 7.27. The second-order valence-electron chi connectivity index (χ2n) is 7.08. The number of carbonyl (C=O) groups is 1. The Kier molecular flexibility index (Phi) is 6.85. The molecule has 28 heavy (non-hydrogen) atoms. The minimum absolute atomic E-state index is 0.183. The van der Waals surface area contributed by atoms with Crippen molar-refractivity contribution in [3.63, 3.8) is 0 Å². The Morgan fingerprint density at radius 1 is 1.07 bits per heavy atom. The summed E-state index contributed by atoms with van der Waals surface area (Å²) in [6, 6.07) is 8.45. The van der Waals surface area contributed by atoms with Gasteiger partial charge in [-0.15, -0.1) is 0 Å². The van der Waals surface area contributed by atoms with Crippen LogP contribution < -0.4 is 10.6 Å². The summed E-state index contributed by atoms with van der Waals surface area (Å²) in [6.07, 6.45) is 1.70. The minimum atomic E-state index is -0.259. The lowest BCUT2D eigenvalue weighted by molar-refractivity contribution is -0.127. The molecule has 0 saturated carbocycles. The summed E-state index contributed by atoms with van der Waals surface area (Å²) in [5, 5.41) is 9.48. The molecular formula is C20H27FN6O. The molecule has 0 unspecified atom stereocenters. The number of rotatable bonds is 5. The zero-order chi connectivity index (χ0) is 19.9. The first kappa shape index (κ1) is 20.1. The lowest BCUT2D eigenvalue weighted by atomic mass is 10.2. The molecule has 2 aliphatic heterocycles. The third kappa shape index (κ3) is 5.00. The van der Waals surface area contributed by atoms with Crippen molar-refractivity contribution in [2.75, 3.05) is 70.3 Å². The van der Waals surface area contributed by atoms with E-state index in [-0.39, 0.29) is 17.3 Å². The minimum Gasteiger partial charge on any atom is -0.374 e. The standard InChI is InChI=1S/C20H27FN6O/c21-18-1-3-19(4-2-18)26-11-13-27(14-12-26)20(28)17(15-23)16-25-9-7-24(6-5-22)8-10-25/h1-4,16H,5-14,22H2/b17-16-. The number of nitriles is 1. The third-order valence-corrected chi connectivity index (χ3v) is 5.27. The van der Waals surface area contributed by atoms with Crippen LogP contribution in [-0.4, -0.2) is 86.1 Å². The van der Waals surface area contributed by atoms with Crippen molar-refractivity contribution in [2.45, 2.75) is 0 Å². The summed E-state index contributed by atoms with van der Waals surface area (Å²) in [7, 11) is 0. The number of piperazine rings is 2. The van der Waals surface area contributed by atoms with E-state index in [1.165, 1.54) is 12.1 Å². The van der Waals surface area contributed by atoms with Crippen LogP contribution in [0.3, 0.4) is 0 Å². The topological polar surface area (TPSA) is 79.8 Å². The normalized spacial score (nSPS) is 18.9. The maximum atomic E-state index is 13.1. The summed E-state index contributed by atoms with van der Waals surface area (Å²) >= 11 is 0. The Morgan fingerprint density at radius 2 is 1.71 bits per heavy atom. The largest absolute Gasteiger partial charge is 0.374 e. The van der Waals surface area contributed by atoms with E-state index in [0.717, 1.165) is 38.4 Å². The fourth-order valence-electron chi connectivity index (χ4n) is 3.60. The number of benzene rings is 1. The van der Waals surface area contributed by atoms with Crippen molar-refractivity contribution < 1.29 is 9.18 Å². The fraction of sp³-hybridized carbons (Fsp3) is 0.500. The lowest BCUT2D eigenvalue weighted by Gasteiger charge is -2.36. The van der Waals surface area contributed by atoms with Crippen molar-refractivity contribution in [1.29, 1.82) is 5.26 Å². The molecule has 0 atom stereocenters. The number of halogens is 1. The second-order valence-corrected chi connectivity index (χ2v) is 7.08. The van der Waals surface area contributed by atoms with Gasteiger partial charge in [0.1, 0.15) is 17.5 Å². The van der Waals surface area contributed by atoms with E-state index in [2.05, 4.69) is 15.9 Å². The first-order valence-electron chi connectivity index (χ1n) is 9.69. The highest BCUT2D eigenvalue weighted by molar-refractivity contribution is 5.97. The van der Waals surface area contributed by atoms with Gasteiger partial charge in [-0.1, -0.05) is 0 Å². The molecule has 150 valence electrons. The van der Waals surface area contributed by atoms with Gasteiger partial charge >= 0.3 is 0 Å². The van der Waals surface area contributed by atoms with Gasteiger partial charge in [0.2, 0.25) is 0 Å². The van der Waals surface area contributed by atoms with Crippen LogP contribution in [0.25, 0.3) is 0 Å². The van der Waals surface area contributed by atoms with Crippen molar-refractivity contribution in [3.05, 3.63) is 41.9 Å². The van der Waals surface area contributed by atoms with Crippen LogP contribution in [0.2, 0.25) is 0 Å². The van der Waals surface area contributed by atoms with Gasteiger partial charge in [-0.05, 0) is 24.3 Å². The first-order chi connectivity index (χ1) is 13.6. The van der Waals surface area contributed by atoms with Gasteiger partial charge in [-0.2, -0.15) is 5.26 Å². The zero-order valence-corrected chi connectivity index (χ0v) is 16.1. The van der Waals surface area contributed by atoms with Crippen LogP contribution >= 0.6 is 0 Å². The Labute approximate surface area is 165 Å². The number of nitrogens with zero attached hydrogens (tertiary/aromatic N) is 5. The molecule has 0 bridgehead atoms. The van der Waals surface area contributed by atoms with Crippen LogP contribution in [0, 0.1) is 17.1 Å². The third-order valence-electron chi connectivity index (χ3n) is 5.27. The molecule has 0 aliphatic carbocycles. The first-order valence-corrected chi connectivity index (χ1v) is 9.69. The maximum Gasteiger partial charge on any atom is 0.266 e. The molecule has 2 heterocycles. The van der Waals surface area contributed by atoms with Gasteiger partial charge in [0.25, 0.3) is 5.91 Å². The highest BCUT2D eigenvalue weighted by Gasteiger charge is 2.25. The molecule has 2 N–H and O–H groups in total. The van der Waals surface area contributed by atoms with Crippen LogP contribution in [0.15, 0.2) is 36.0 Å². The van der Waals surface area contributed by atoms with Crippen LogP contribution in [0.4, 0.5) is 10.1 Å². The molecule has 8 heteroatoms. The van der Waals surface area contributed by atoms with E-state index in [1.54, 1.807) is 23.2 Å². The van der Waals surface area contributed by atoms with Gasteiger partial charge < -0.3 is 20.4 Å². The van der Waals surface area contributed by atoms with E-state index in [9.17, 15) is 14.4 Å². The van der Waals surface area contributed by atoms with E-state index in [1.807, 2.05) is 4.90 Å². The van der Waals surface area contributed by atoms with Crippen molar-refractivity contribution in [1.82, 2.24) is 14.7 Å². The highest BCUT2D eigenvalue weighted by Crippen LogP contribution is 2.18. The number of hydrogen-bond donors (Lipinski definition) is 1. The van der Waals surface area contributed by atoms with E-state index >= 15 is 0 Å². The maximum absolute atomic E-state index is 13.1. The van der Waals surface area contributed by atoms with Crippen molar-refractivity contribution in [3.8, 4) is 6.07 Å². The fourth-order valence-corrected chi connectivity index (χ4v) is 3.60. The van der Waals surface area contributed by atoms with Gasteiger partial charge in [-0.25, -0.2) is 4.39 Å². The van der Waals surface area contributed by atoms with Gasteiger partial charge in [0.05, 0.1) is 0 Å². The molecule has 1 aromatic carbocycles. The zero-order valence-electron chi connectivity index (χ0n) is 16.1. The molecule has 2 fully saturated rings. The molecule has 1 aromatic rings. The predicted molar refractivity (Wildman–Crippen MR) is 106 cm³/mol. The average Bonchev–Trinajstić information content (AvgIpc) is 2.73. The second kappa shape index (κ2) is 9.53. The van der Waals surface area contributed by atoms with E-state index in [4.69, 9.17) is 5.73 Å². The van der Waals surface area contributed by atoms with E-state index < -0.39 is 0 Å². The smallest absolute Gasteiger partial charge is 0.266 e. The Balaban J connectivity index is 1.54. The van der Waals surface area contributed by atoms with Crippen LogP contribution in [-0.2, 0) is 4.79 Å². The summed E-state index contributed by atoms with van der Waals surface area (Å²) < 4.78 is 13.1.